The molecule has 0 bridgehead atoms. The highest BCUT2D eigenvalue weighted by molar-refractivity contribution is 5.93. The predicted molar refractivity (Wildman–Crippen MR) is 95.7 cm³/mol. The Hall–Kier alpha value is -2.34. The Morgan fingerprint density at radius 1 is 1.36 bits per heavy atom. The van der Waals surface area contributed by atoms with Crippen molar-refractivity contribution in [2.45, 2.75) is 19.8 Å². The molecule has 0 saturated carbocycles. The van der Waals surface area contributed by atoms with Crippen molar-refractivity contribution in [3.63, 3.8) is 0 Å². The van der Waals surface area contributed by atoms with Gasteiger partial charge in [0.05, 0.1) is 19.4 Å². The fraction of sp³-hybridized carbons (Fsp3) is 0.474. The summed E-state index contributed by atoms with van der Waals surface area (Å²) in [6, 6.07) is 9.44. The number of carbonyl (C=O) groups excluding carboxylic acids is 1. The molecule has 1 fully saturated rings. The fourth-order valence-corrected chi connectivity index (χ4v) is 3.06. The van der Waals surface area contributed by atoms with Crippen molar-refractivity contribution in [2.75, 3.05) is 33.4 Å². The molecule has 0 radical (unpaired) electrons. The van der Waals surface area contributed by atoms with Crippen molar-refractivity contribution >= 4 is 5.91 Å². The lowest BCUT2D eigenvalue weighted by molar-refractivity contribution is 0.0749. The summed E-state index contributed by atoms with van der Waals surface area (Å²) in [7, 11) is 1.64. The van der Waals surface area contributed by atoms with Crippen molar-refractivity contribution in [1.29, 1.82) is 0 Å². The molecule has 1 amide bonds. The molecule has 1 saturated heterocycles. The van der Waals surface area contributed by atoms with E-state index in [9.17, 15) is 4.79 Å². The summed E-state index contributed by atoms with van der Waals surface area (Å²) in [6.07, 6.45) is 2.02. The van der Waals surface area contributed by atoms with Crippen molar-refractivity contribution < 1.29 is 14.3 Å². The Kier molecular flexibility index (Phi) is 5.71. The molecule has 0 aliphatic carbocycles. The van der Waals surface area contributed by atoms with E-state index in [1.165, 1.54) is 0 Å². The highest BCUT2D eigenvalue weighted by Gasteiger charge is 2.28. The molecule has 134 valence electrons. The molecular formula is C19H25N3O3. The monoisotopic (exact) mass is 343 g/mol. The van der Waals surface area contributed by atoms with Crippen molar-refractivity contribution in [2.24, 2.45) is 5.92 Å². The van der Waals surface area contributed by atoms with E-state index in [4.69, 9.17) is 9.47 Å². The van der Waals surface area contributed by atoms with Gasteiger partial charge in [0, 0.05) is 31.2 Å². The van der Waals surface area contributed by atoms with Gasteiger partial charge in [0.1, 0.15) is 11.4 Å². The number of aromatic nitrogens is 2. The zero-order valence-corrected chi connectivity index (χ0v) is 14.8. The third-order valence-corrected chi connectivity index (χ3v) is 4.47. The van der Waals surface area contributed by atoms with Crippen LogP contribution in [-0.2, 0) is 4.74 Å². The zero-order chi connectivity index (χ0) is 17.6. The van der Waals surface area contributed by atoms with Gasteiger partial charge in [-0.1, -0.05) is 6.92 Å². The lowest BCUT2D eigenvalue weighted by atomic mass is 10.1. The minimum atomic E-state index is 0.00486. The fourth-order valence-electron chi connectivity index (χ4n) is 3.06. The number of amides is 1. The number of carbonyl (C=O) groups is 1. The Labute approximate surface area is 148 Å². The van der Waals surface area contributed by atoms with E-state index in [1.807, 2.05) is 35.2 Å². The standard InChI is InChI=1S/C19H25N3O3/c1-3-10-25-13-14-8-9-22(12-14)19(23)18-11-17(20-21-18)15-4-6-16(24-2)7-5-15/h4-7,11,14H,3,8-10,12-13H2,1-2H3,(H,20,21)/t14-/m1/s1. The average Bonchev–Trinajstić information content (AvgIpc) is 3.31. The molecule has 1 atom stereocenters. The number of likely N-dealkylation sites (tertiary alicyclic amines) is 1. The first kappa shape index (κ1) is 17.5. The van der Waals surface area contributed by atoms with Crippen LogP contribution in [-0.4, -0.2) is 54.4 Å². The summed E-state index contributed by atoms with van der Waals surface area (Å²) in [5.74, 6) is 1.23. The van der Waals surface area contributed by atoms with E-state index in [1.54, 1.807) is 7.11 Å². The van der Waals surface area contributed by atoms with Crippen molar-refractivity contribution in [1.82, 2.24) is 15.1 Å². The first-order chi connectivity index (χ1) is 12.2. The first-order valence-electron chi connectivity index (χ1n) is 8.78. The van der Waals surface area contributed by atoms with Crippen LogP contribution in [0, 0.1) is 5.92 Å². The van der Waals surface area contributed by atoms with Gasteiger partial charge >= 0.3 is 0 Å². The smallest absolute Gasteiger partial charge is 0.271 e. The molecular weight excluding hydrogens is 318 g/mol. The van der Waals surface area contributed by atoms with E-state index in [0.29, 0.717) is 11.6 Å². The van der Waals surface area contributed by atoms with Gasteiger partial charge in [-0.15, -0.1) is 0 Å². The summed E-state index contributed by atoms with van der Waals surface area (Å²) >= 11 is 0. The molecule has 1 aliphatic rings. The molecule has 1 aromatic heterocycles. The van der Waals surface area contributed by atoms with E-state index < -0.39 is 0 Å². The van der Waals surface area contributed by atoms with Crippen LogP contribution in [0.2, 0.25) is 0 Å². The topological polar surface area (TPSA) is 67.4 Å². The van der Waals surface area contributed by atoms with E-state index in [-0.39, 0.29) is 5.91 Å². The number of benzene rings is 1. The molecule has 0 spiro atoms. The lowest BCUT2D eigenvalue weighted by Gasteiger charge is -2.15. The largest absolute Gasteiger partial charge is 0.497 e. The normalized spacial score (nSPS) is 17.0. The number of hydrogen-bond acceptors (Lipinski definition) is 4. The maximum Gasteiger partial charge on any atom is 0.271 e. The quantitative estimate of drug-likeness (QED) is 0.785. The Morgan fingerprint density at radius 3 is 2.88 bits per heavy atom. The second-order valence-electron chi connectivity index (χ2n) is 6.38. The molecule has 2 heterocycles. The number of ether oxygens (including phenoxy) is 2. The number of H-pyrrole nitrogens is 1. The highest BCUT2D eigenvalue weighted by Crippen LogP contribution is 2.23. The molecule has 2 aromatic rings. The van der Waals surface area contributed by atoms with Crippen molar-refractivity contribution in [3.05, 3.63) is 36.0 Å². The summed E-state index contributed by atoms with van der Waals surface area (Å²) in [5.41, 5.74) is 2.23. The van der Waals surface area contributed by atoms with Crippen LogP contribution in [0.4, 0.5) is 0 Å². The van der Waals surface area contributed by atoms with Gasteiger partial charge < -0.3 is 14.4 Å². The zero-order valence-electron chi connectivity index (χ0n) is 14.8. The van der Waals surface area contributed by atoms with E-state index in [2.05, 4.69) is 17.1 Å². The first-order valence-corrected chi connectivity index (χ1v) is 8.78. The third-order valence-electron chi connectivity index (χ3n) is 4.47. The molecule has 0 unspecified atom stereocenters. The molecule has 25 heavy (non-hydrogen) atoms. The van der Waals surface area contributed by atoms with Crippen LogP contribution < -0.4 is 4.74 Å². The average molecular weight is 343 g/mol. The maximum atomic E-state index is 12.7. The number of aromatic amines is 1. The second kappa shape index (κ2) is 8.16. The SMILES string of the molecule is CCCOC[C@@H]1CCN(C(=O)c2cc(-c3ccc(OC)cc3)n[nH]2)C1. The van der Waals surface area contributed by atoms with Gasteiger partial charge in [-0.3, -0.25) is 9.89 Å². The molecule has 1 aromatic carbocycles. The molecule has 1 N–H and O–H groups in total. The van der Waals surface area contributed by atoms with Crippen LogP contribution in [0.25, 0.3) is 11.3 Å². The Balaban J connectivity index is 1.61. The van der Waals surface area contributed by atoms with Gasteiger partial charge in [-0.2, -0.15) is 5.10 Å². The number of methoxy groups -OCH3 is 1. The van der Waals surface area contributed by atoms with E-state index in [0.717, 1.165) is 56.2 Å². The van der Waals surface area contributed by atoms with Gasteiger partial charge in [-0.25, -0.2) is 0 Å². The summed E-state index contributed by atoms with van der Waals surface area (Å²) < 4.78 is 10.8. The van der Waals surface area contributed by atoms with Crippen LogP contribution in [0.3, 0.4) is 0 Å². The minimum absolute atomic E-state index is 0.00486. The minimum Gasteiger partial charge on any atom is -0.497 e. The number of hydrogen-bond donors (Lipinski definition) is 1. The number of nitrogens with zero attached hydrogens (tertiary/aromatic N) is 2. The van der Waals surface area contributed by atoms with Crippen LogP contribution >= 0.6 is 0 Å². The maximum absolute atomic E-state index is 12.7. The number of nitrogens with one attached hydrogen (secondary N) is 1. The van der Waals surface area contributed by atoms with Gasteiger partial charge in [0.15, 0.2) is 0 Å². The lowest BCUT2D eigenvalue weighted by Crippen LogP contribution is -2.29. The number of rotatable bonds is 7. The summed E-state index contributed by atoms with van der Waals surface area (Å²) in [6.45, 7) is 5.15. The Bertz CT molecular complexity index is 696. The molecule has 6 heteroatoms. The van der Waals surface area contributed by atoms with Gasteiger partial charge in [0.2, 0.25) is 0 Å². The van der Waals surface area contributed by atoms with Gasteiger partial charge in [0.25, 0.3) is 5.91 Å². The van der Waals surface area contributed by atoms with Crippen molar-refractivity contribution in [3.8, 4) is 17.0 Å². The van der Waals surface area contributed by atoms with Gasteiger partial charge in [-0.05, 0) is 43.2 Å². The molecule has 6 nitrogen and oxygen atoms in total. The van der Waals surface area contributed by atoms with E-state index >= 15 is 0 Å². The third kappa shape index (κ3) is 4.20. The van der Waals surface area contributed by atoms with Crippen LogP contribution in [0.5, 0.6) is 5.75 Å². The predicted octanol–water partition coefficient (Wildman–Crippen LogP) is 2.97. The second-order valence-corrected chi connectivity index (χ2v) is 6.38. The molecule has 3 rings (SSSR count). The van der Waals surface area contributed by atoms with Crippen LogP contribution in [0.1, 0.15) is 30.3 Å². The highest BCUT2D eigenvalue weighted by atomic mass is 16.5. The van der Waals surface area contributed by atoms with Crippen LogP contribution in [0.15, 0.2) is 30.3 Å². The Morgan fingerprint density at radius 2 is 2.16 bits per heavy atom. The summed E-state index contributed by atoms with van der Waals surface area (Å²) in [4.78, 5) is 14.5. The summed E-state index contributed by atoms with van der Waals surface area (Å²) in [5, 5.41) is 7.15. The molecule has 1 aliphatic heterocycles.